The van der Waals surface area contributed by atoms with Crippen LogP contribution in [0.25, 0.3) is 0 Å². The molecule has 2 aromatic heterocycles. The molecule has 1 N–H and O–H groups in total. The molecule has 1 amide bonds. The summed E-state index contributed by atoms with van der Waals surface area (Å²) in [5.74, 6) is 0.490. The Labute approximate surface area is 232 Å². The summed E-state index contributed by atoms with van der Waals surface area (Å²) in [6.45, 7) is 4.94. The molecule has 192 valence electrons. The van der Waals surface area contributed by atoms with Gasteiger partial charge in [-0.2, -0.15) is 0 Å². The first kappa shape index (κ1) is 26.7. The van der Waals surface area contributed by atoms with Gasteiger partial charge in [-0.05, 0) is 68.2 Å². The SMILES string of the molecule is [B]C1([B])CCN(c2cccc(C(=O)Nc3ccncc3)n2)CCN1C1CCN(Cc2ccccc2Cl)CC1. The summed E-state index contributed by atoms with van der Waals surface area (Å²) in [5, 5.41) is 2.78. The number of aromatic nitrogens is 2. The maximum absolute atomic E-state index is 12.8. The minimum absolute atomic E-state index is 0.259. The van der Waals surface area contributed by atoms with Gasteiger partial charge < -0.3 is 15.1 Å². The molecule has 0 bridgehead atoms. The van der Waals surface area contributed by atoms with Gasteiger partial charge in [-0.15, -0.1) is 0 Å². The predicted molar refractivity (Wildman–Crippen MR) is 154 cm³/mol. The van der Waals surface area contributed by atoms with E-state index in [0.29, 0.717) is 30.4 Å². The van der Waals surface area contributed by atoms with Gasteiger partial charge in [0.05, 0.1) is 15.7 Å². The van der Waals surface area contributed by atoms with E-state index >= 15 is 0 Å². The lowest BCUT2D eigenvalue weighted by Crippen LogP contribution is -2.57. The third-order valence-corrected chi connectivity index (χ3v) is 7.88. The van der Waals surface area contributed by atoms with Gasteiger partial charge in [0.2, 0.25) is 0 Å². The first-order chi connectivity index (χ1) is 18.4. The zero-order valence-electron chi connectivity index (χ0n) is 21.5. The molecular formula is C28H31B2ClN6O. The Morgan fingerprint density at radius 3 is 2.50 bits per heavy atom. The van der Waals surface area contributed by atoms with E-state index in [4.69, 9.17) is 27.3 Å². The molecule has 38 heavy (non-hydrogen) atoms. The highest BCUT2D eigenvalue weighted by molar-refractivity contribution is 6.40. The lowest BCUT2D eigenvalue weighted by Gasteiger charge is -2.46. The van der Waals surface area contributed by atoms with Crippen LogP contribution in [-0.2, 0) is 6.54 Å². The fourth-order valence-corrected chi connectivity index (χ4v) is 5.57. The van der Waals surface area contributed by atoms with Crippen LogP contribution in [0.3, 0.4) is 0 Å². The molecule has 0 unspecified atom stereocenters. The number of anilines is 2. The number of halogens is 1. The lowest BCUT2D eigenvalue weighted by molar-refractivity contribution is 0.0866. The number of benzene rings is 1. The number of piperidine rings is 1. The number of rotatable bonds is 6. The van der Waals surface area contributed by atoms with Gasteiger partial charge in [-0.3, -0.25) is 14.7 Å². The lowest BCUT2D eigenvalue weighted by atomic mass is 9.58. The molecule has 4 radical (unpaired) electrons. The Morgan fingerprint density at radius 2 is 1.74 bits per heavy atom. The maximum atomic E-state index is 12.8. The van der Waals surface area contributed by atoms with E-state index in [-0.39, 0.29) is 5.91 Å². The van der Waals surface area contributed by atoms with Crippen LogP contribution in [0, 0.1) is 0 Å². The Bertz CT molecular complexity index is 1240. The molecule has 5 rings (SSSR count). The molecular weight excluding hydrogens is 493 g/mol. The van der Waals surface area contributed by atoms with Crippen molar-refractivity contribution >= 4 is 44.7 Å². The monoisotopic (exact) mass is 524 g/mol. The first-order valence-electron chi connectivity index (χ1n) is 13.1. The van der Waals surface area contributed by atoms with Crippen molar-refractivity contribution in [1.82, 2.24) is 19.8 Å². The molecule has 0 spiro atoms. The molecule has 2 fully saturated rings. The molecule has 10 heteroatoms. The fraction of sp³-hybridized carbons (Fsp3) is 0.393. The molecule has 1 aromatic carbocycles. The van der Waals surface area contributed by atoms with E-state index in [1.54, 1.807) is 30.6 Å². The average Bonchev–Trinajstić information content (AvgIpc) is 3.09. The highest BCUT2D eigenvalue weighted by atomic mass is 35.5. The summed E-state index contributed by atoms with van der Waals surface area (Å²) in [6, 6.07) is 17.4. The summed E-state index contributed by atoms with van der Waals surface area (Å²) >= 11 is 6.37. The van der Waals surface area contributed by atoms with Gasteiger partial charge >= 0.3 is 0 Å². The molecule has 0 saturated carbocycles. The van der Waals surface area contributed by atoms with Gasteiger partial charge in [-0.25, -0.2) is 4.98 Å². The predicted octanol–water partition coefficient (Wildman–Crippen LogP) is 3.55. The zero-order chi connectivity index (χ0) is 26.5. The van der Waals surface area contributed by atoms with Crippen LogP contribution < -0.4 is 10.2 Å². The van der Waals surface area contributed by atoms with Crippen molar-refractivity contribution in [2.24, 2.45) is 0 Å². The Balaban J connectivity index is 1.20. The molecule has 2 aliphatic rings. The number of likely N-dealkylation sites (tertiary alicyclic amines) is 1. The molecule has 2 saturated heterocycles. The molecule has 3 aromatic rings. The minimum atomic E-state index is -0.902. The molecule has 0 aliphatic carbocycles. The summed E-state index contributed by atoms with van der Waals surface area (Å²) in [5.41, 5.74) is 2.20. The zero-order valence-corrected chi connectivity index (χ0v) is 22.2. The number of pyridine rings is 2. The highest BCUT2D eigenvalue weighted by Crippen LogP contribution is 2.28. The number of nitrogens with one attached hydrogen (secondary N) is 1. The molecule has 0 atom stereocenters. The minimum Gasteiger partial charge on any atom is -0.355 e. The second-order valence-corrected chi connectivity index (χ2v) is 10.5. The normalized spacial score (nSPS) is 19.1. The molecule has 4 heterocycles. The molecule has 7 nitrogen and oxygen atoms in total. The van der Waals surface area contributed by atoms with Crippen molar-refractivity contribution in [2.45, 2.75) is 37.2 Å². The highest BCUT2D eigenvalue weighted by Gasteiger charge is 2.36. The standard InChI is InChI=1S/C28H31B2ClN6O/c29-28(30)12-17-36(26-7-3-6-25(34-26)27(38)33-22-8-13-32-14-9-22)18-19-37(28)23-10-15-35(16-11-23)20-21-4-1-2-5-24(21)31/h1-9,13-14,23H,10-12,15-20H2,(H,32,33,38). The first-order valence-corrected chi connectivity index (χ1v) is 13.5. The van der Waals surface area contributed by atoms with Gasteiger partial charge in [0.1, 0.15) is 11.5 Å². The van der Waals surface area contributed by atoms with E-state index in [1.807, 2.05) is 30.3 Å². The largest absolute Gasteiger partial charge is 0.355 e. The number of hydrogen-bond donors (Lipinski definition) is 1. The average molecular weight is 525 g/mol. The second-order valence-electron chi connectivity index (χ2n) is 10.1. The number of hydrogen-bond acceptors (Lipinski definition) is 6. The van der Waals surface area contributed by atoms with Gasteiger partial charge in [0.15, 0.2) is 0 Å². The van der Waals surface area contributed by atoms with E-state index < -0.39 is 5.34 Å². The maximum Gasteiger partial charge on any atom is 0.274 e. The fourth-order valence-electron chi connectivity index (χ4n) is 5.37. The van der Waals surface area contributed by atoms with E-state index in [2.05, 4.69) is 36.1 Å². The van der Waals surface area contributed by atoms with E-state index in [1.165, 1.54) is 0 Å². The van der Waals surface area contributed by atoms with Crippen molar-refractivity contribution in [3.8, 4) is 0 Å². The smallest absolute Gasteiger partial charge is 0.274 e. The van der Waals surface area contributed by atoms with Crippen molar-refractivity contribution < 1.29 is 4.79 Å². The van der Waals surface area contributed by atoms with Gasteiger partial charge in [0.25, 0.3) is 5.91 Å². The Morgan fingerprint density at radius 1 is 0.974 bits per heavy atom. The quantitative estimate of drug-likeness (QED) is 0.498. The van der Waals surface area contributed by atoms with Crippen LogP contribution in [0.5, 0.6) is 0 Å². The van der Waals surface area contributed by atoms with Crippen molar-refractivity contribution in [3.05, 3.63) is 83.3 Å². The topological polar surface area (TPSA) is 64.6 Å². The van der Waals surface area contributed by atoms with Crippen LogP contribution in [0.15, 0.2) is 67.0 Å². The van der Waals surface area contributed by atoms with Crippen molar-refractivity contribution in [3.63, 3.8) is 0 Å². The number of carbonyl (C=O) groups excluding carboxylic acids is 1. The van der Waals surface area contributed by atoms with Crippen LogP contribution in [0.1, 0.15) is 35.3 Å². The summed E-state index contributed by atoms with van der Waals surface area (Å²) in [7, 11) is 13.4. The van der Waals surface area contributed by atoms with Gasteiger partial charge in [0, 0.05) is 55.3 Å². The summed E-state index contributed by atoms with van der Waals surface area (Å²) in [4.78, 5) is 28.3. The van der Waals surface area contributed by atoms with Crippen LogP contribution in [-0.4, -0.2) is 85.5 Å². The number of amides is 1. The number of nitrogens with zero attached hydrogens (tertiary/aromatic N) is 5. The van der Waals surface area contributed by atoms with Crippen LogP contribution in [0.4, 0.5) is 11.5 Å². The van der Waals surface area contributed by atoms with Crippen molar-refractivity contribution in [2.75, 3.05) is 42.9 Å². The molecule has 2 aliphatic heterocycles. The third kappa shape index (κ3) is 6.40. The second kappa shape index (κ2) is 11.9. The number of carbonyl (C=O) groups is 1. The summed E-state index contributed by atoms with van der Waals surface area (Å²) in [6.07, 6.45) is 5.88. The van der Waals surface area contributed by atoms with Gasteiger partial charge in [-0.1, -0.05) is 41.2 Å². The summed E-state index contributed by atoms with van der Waals surface area (Å²) < 4.78 is 0. The van der Waals surface area contributed by atoms with E-state index in [0.717, 1.165) is 62.0 Å². The Kier molecular flexibility index (Phi) is 8.36. The van der Waals surface area contributed by atoms with Crippen LogP contribution in [0.2, 0.25) is 5.02 Å². The van der Waals surface area contributed by atoms with E-state index in [9.17, 15) is 4.79 Å². The van der Waals surface area contributed by atoms with Crippen molar-refractivity contribution in [1.29, 1.82) is 0 Å². The van der Waals surface area contributed by atoms with Crippen LogP contribution >= 0.6 is 11.6 Å². The third-order valence-electron chi connectivity index (χ3n) is 7.51. The Hall–Kier alpha value is -2.87.